The summed E-state index contributed by atoms with van der Waals surface area (Å²) in [5.74, 6) is 0.619. The third-order valence-electron chi connectivity index (χ3n) is 3.37. The lowest BCUT2D eigenvalue weighted by molar-refractivity contribution is 0.0725. The third kappa shape index (κ3) is 3.39. The highest BCUT2D eigenvalue weighted by Gasteiger charge is 2.34. The van der Waals surface area contributed by atoms with E-state index in [1.165, 1.54) is 4.88 Å². The molecule has 0 spiro atoms. The van der Waals surface area contributed by atoms with E-state index in [-0.39, 0.29) is 5.91 Å². The van der Waals surface area contributed by atoms with Gasteiger partial charge in [-0.05, 0) is 31.2 Å². The predicted octanol–water partition coefficient (Wildman–Crippen LogP) is 2.77. The molecule has 0 aromatic carbocycles. The van der Waals surface area contributed by atoms with Gasteiger partial charge in [-0.3, -0.25) is 9.78 Å². The summed E-state index contributed by atoms with van der Waals surface area (Å²) in [6.07, 6.45) is 5.35. The number of carbonyl (C=O) groups is 1. The first-order chi connectivity index (χ1) is 10.3. The zero-order valence-corrected chi connectivity index (χ0v) is 12.8. The SMILES string of the molecule is CCNc1cncc(C(=O)N(Cc2cccs2)C2CC2)n1. The molecule has 110 valence electrons. The maximum Gasteiger partial charge on any atom is 0.274 e. The van der Waals surface area contributed by atoms with Crippen LogP contribution in [-0.2, 0) is 6.54 Å². The van der Waals surface area contributed by atoms with Crippen molar-refractivity contribution >= 4 is 23.1 Å². The predicted molar refractivity (Wildman–Crippen MR) is 83.4 cm³/mol. The van der Waals surface area contributed by atoms with E-state index in [0.29, 0.717) is 24.1 Å². The molecule has 5 nitrogen and oxygen atoms in total. The van der Waals surface area contributed by atoms with Crippen molar-refractivity contribution in [1.29, 1.82) is 0 Å². The van der Waals surface area contributed by atoms with Gasteiger partial charge in [0.2, 0.25) is 0 Å². The van der Waals surface area contributed by atoms with Crippen molar-refractivity contribution in [3.8, 4) is 0 Å². The second-order valence-corrected chi connectivity index (χ2v) is 6.10. The minimum atomic E-state index is -0.0295. The molecule has 2 aromatic heterocycles. The van der Waals surface area contributed by atoms with Gasteiger partial charge in [0.15, 0.2) is 0 Å². The Bertz CT molecular complexity index is 610. The van der Waals surface area contributed by atoms with Crippen molar-refractivity contribution in [3.05, 3.63) is 40.5 Å². The molecule has 1 saturated carbocycles. The maximum absolute atomic E-state index is 12.7. The van der Waals surface area contributed by atoms with Crippen molar-refractivity contribution in [3.63, 3.8) is 0 Å². The number of thiophene rings is 1. The fourth-order valence-corrected chi connectivity index (χ4v) is 2.91. The molecule has 0 bridgehead atoms. The molecule has 1 aliphatic carbocycles. The summed E-state index contributed by atoms with van der Waals surface area (Å²) in [6, 6.07) is 4.43. The number of hydrogen-bond acceptors (Lipinski definition) is 5. The number of carbonyl (C=O) groups excluding carboxylic acids is 1. The molecule has 2 aromatic rings. The van der Waals surface area contributed by atoms with Crippen molar-refractivity contribution < 1.29 is 4.79 Å². The van der Waals surface area contributed by atoms with Crippen LogP contribution in [0.5, 0.6) is 0 Å². The summed E-state index contributed by atoms with van der Waals surface area (Å²) < 4.78 is 0. The number of nitrogens with zero attached hydrogens (tertiary/aromatic N) is 3. The van der Waals surface area contributed by atoms with Gasteiger partial charge < -0.3 is 10.2 Å². The Morgan fingerprint density at radius 3 is 3.00 bits per heavy atom. The average Bonchev–Trinajstić information content (AvgIpc) is 3.21. The molecule has 0 unspecified atom stereocenters. The molecule has 3 rings (SSSR count). The Morgan fingerprint density at radius 2 is 2.33 bits per heavy atom. The van der Waals surface area contributed by atoms with Gasteiger partial charge in [0.25, 0.3) is 5.91 Å². The smallest absolute Gasteiger partial charge is 0.274 e. The fourth-order valence-electron chi connectivity index (χ4n) is 2.21. The van der Waals surface area contributed by atoms with Gasteiger partial charge in [-0.25, -0.2) is 4.98 Å². The number of hydrogen-bond donors (Lipinski definition) is 1. The lowest BCUT2D eigenvalue weighted by Gasteiger charge is -2.21. The van der Waals surface area contributed by atoms with Gasteiger partial charge in [0.1, 0.15) is 11.5 Å². The standard InChI is InChI=1S/C15H18N4OS/c1-2-17-14-9-16-8-13(18-14)15(20)19(11-5-6-11)10-12-4-3-7-21-12/h3-4,7-9,11H,2,5-6,10H2,1H3,(H,17,18). The molecular formula is C15H18N4OS. The summed E-state index contributed by atoms with van der Waals surface area (Å²) in [5.41, 5.74) is 0.414. The topological polar surface area (TPSA) is 58.1 Å². The summed E-state index contributed by atoms with van der Waals surface area (Å²) >= 11 is 1.68. The molecule has 2 heterocycles. The van der Waals surface area contributed by atoms with Gasteiger partial charge in [-0.2, -0.15) is 0 Å². The molecule has 0 aliphatic heterocycles. The molecule has 1 amide bonds. The molecule has 0 saturated heterocycles. The van der Waals surface area contributed by atoms with E-state index in [0.717, 1.165) is 19.4 Å². The monoisotopic (exact) mass is 302 g/mol. The molecule has 0 atom stereocenters. The van der Waals surface area contributed by atoms with Crippen LogP contribution in [0.15, 0.2) is 29.9 Å². The van der Waals surface area contributed by atoms with E-state index < -0.39 is 0 Å². The second kappa shape index (κ2) is 6.22. The number of rotatable bonds is 6. The van der Waals surface area contributed by atoms with Gasteiger partial charge in [-0.15, -0.1) is 11.3 Å². The van der Waals surface area contributed by atoms with Crippen LogP contribution in [0.1, 0.15) is 35.1 Å². The van der Waals surface area contributed by atoms with Crippen LogP contribution < -0.4 is 5.32 Å². The Kier molecular flexibility index (Phi) is 4.15. The molecular weight excluding hydrogens is 284 g/mol. The molecule has 0 radical (unpaired) electrons. The van der Waals surface area contributed by atoms with Crippen LogP contribution in [0.3, 0.4) is 0 Å². The van der Waals surface area contributed by atoms with Crippen LogP contribution in [0.25, 0.3) is 0 Å². The fraction of sp³-hybridized carbons (Fsp3) is 0.400. The van der Waals surface area contributed by atoms with E-state index >= 15 is 0 Å². The number of amides is 1. The van der Waals surface area contributed by atoms with E-state index in [9.17, 15) is 4.79 Å². The van der Waals surface area contributed by atoms with Crippen molar-refractivity contribution in [2.24, 2.45) is 0 Å². The lowest BCUT2D eigenvalue weighted by atomic mass is 10.3. The van der Waals surface area contributed by atoms with Gasteiger partial charge in [-0.1, -0.05) is 6.07 Å². The molecule has 1 fully saturated rings. The molecule has 1 aliphatic rings. The number of anilines is 1. The molecule has 21 heavy (non-hydrogen) atoms. The van der Waals surface area contributed by atoms with Crippen LogP contribution in [0.2, 0.25) is 0 Å². The second-order valence-electron chi connectivity index (χ2n) is 5.06. The van der Waals surface area contributed by atoms with Crippen LogP contribution >= 0.6 is 11.3 Å². The number of aromatic nitrogens is 2. The zero-order valence-electron chi connectivity index (χ0n) is 12.0. The van der Waals surface area contributed by atoms with E-state index in [2.05, 4.69) is 21.4 Å². The van der Waals surface area contributed by atoms with E-state index in [1.54, 1.807) is 23.7 Å². The first kappa shape index (κ1) is 14.0. The average molecular weight is 302 g/mol. The zero-order chi connectivity index (χ0) is 14.7. The summed E-state index contributed by atoms with van der Waals surface area (Å²) in [6.45, 7) is 3.41. The first-order valence-corrected chi connectivity index (χ1v) is 8.05. The summed E-state index contributed by atoms with van der Waals surface area (Å²) in [7, 11) is 0. The Labute approximate surface area is 128 Å². The first-order valence-electron chi connectivity index (χ1n) is 7.17. The summed E-state index contributed by atoms with van der Waals surface area (Å²) in [4.78, 5) is 24.3. The highest BCUT2D eigenvalue weighted by Crippen LogP contribution is 2.30. The number of nitrogens with one attached hydrogen (secondary N) is 1. The van der Waals surface area contributed by atoms with Crippen LogP contribution in [0.4, 0.5) is 5.82 Å². The Morgan fingerprint density at radius 1 is 1.48 bits per heavy atom. The highest BCUT2D eigenvalue weighted by atomic mass is 32.1. The third-order valence-corrected chi connectivity index (χ3v) is 4.23. The summed E-state index contributed by atoms with van der Waals surface area (Å²) in [5, 5.41) is 5.13. The van der Waals surface area contributed by atoms with Crippen molar-refractivity contribution in [2.45, 2.75) is 32.4 Å². The molecule has 1 N–H and O–H groups in total. The maximum atomic E-state index is 12.7. The van der Waals surface area contributed by atoms with E-state index in [4.69, 9.17) is 0 Å². The normalized spacial score (nSPS) is 14.0. The van der Waals surface area contributed by atoms with Gasteiger partial charge in [0, 0.05) is 17.5 Å². The van der Waals surface area contributed by atoms with Gasteiger partial charge >= 0.3 is 0 Å². The Hall–Kier alpha value is -1.95. The lowest BCUT2D eigenvalue weighted by Crippen LogP contribution is -2.33. The minimum Gasteiger partial charge on any atom is -0.369 e. The van der Waals surface area contributed by atoms with Crippen LogP contribution in [0, 0.1) is 0 Å². The minimum absolute atomic E-state index is 0.0295. The molecule has 6 heteroatoms. The highest BCUT2D eigenvalue weighted by molar-refractivity contribution is 7.09. The van der Waals surface area contributed by atoms with Gasteiger partial charge in [0.05, 0.1) is 18.9 Å². The van der Waals surface area contributed by atoms with Crippen molar-refractivity contribution in [1.82, 2.24) is 14.9 Å². The largest absolute Gasteiger partial charge is 0.369 e. The van der Waals surface area contributed by atoms with Crippen LogP contribution in [-0.4, -0.2) is 33.4 Å². The Balaban J connectivity index is 1.79. The van der Waals surface area contributed by atoms with E-state index in [1.807, 2.05) is 23.3 Å². The quantitative estimate of drug-likeness (QED) is 0.891. The van der Waals surface area contributed by atoms with Crippen molar-refractivity contribution in [2.75, 3.05) is 11.9 Å².